The highest BCUT2D eigenvalue weighted by atomic mass is 16.5. The number of nitrogens with one attached hydrogen (secondary N) is 4. The molecule has 2 aliphatic heterocycles. The Morgan fingerprint density at radius 3 is 1.69 bits per heavy atom. The van der Waals surface area contributed by atoms with E-state index < -0.39 is 0 Å². The Labute approximate surface area is 325 Å². The number of urea groups is 2. The molecule has 2 saturated heterocycles. The van der Waals surface area contributed by atoms with E-state index in [1.54, 1.807) is 11.0 Å². The second-order valence-corrected chi connectivity index (χ2v) is 15.1. The molecule has 0 saturated carbocycles. The molecule has 3 aromatic carbocycles. The average Bonchev–Trinajstić information content (AvgIpc) is 3.22. The van der Waals surface area contributed by atoms with Gasteiger partial charge in [-0.05, 0) is 136 Å². The van der Waals surface area contributed by atoms with E-state index >= 15 is 0 Å². The number of benzene rings is 3. The number of fused-ring (bicyclic) bond motifs is 1. The van der Waals surface area contributed by atoms with E-state index in [1.165, 1.54) is 35.1 Å². The highest BCUT2D eigenvalue weighted by molar-refractivity contribution is 5.90. The number of anilines is 2. The highest BCUT2D eigenvalue weighted by Crippen LogP contribution is 2.29. The second kappa shape index (κ2) is 21.8. The summed E-state index contributed by atoms with van der Waals surface area (Å²) in [5, 5.41) is 23.1. The number of piperidine rings is 2. The summed E-state index contributed by atoms with van der Waals surface area (Å²) in [6.07, 6.45) is 13.5. The maximum absolute atomic E-state index is 12.6. The first-order valence-electron chi connectivity index (χ1n) is 20.0. The Bertz CT molecular complexity index is 1670. The summed E-state index contributed by atoms with van der Waals surface area (Å²) in [6, 6.07) is 24.5. The zero-order valence-corrected chi connectivity index (χ0v) is 31.9. The lowest BCUT2D eigenvalue weighted by Crippen LogP contribution is -2.41. The van der Waals surface area contributed by atoms with Crippen LogP contribution in [0.25, 0.3) is 0 Å². The number of aryl methyl sites for hydroxylation is 1. The van der Waals surface area contributed by atoms with Gasteiger partial charge in [-0.2, -0.15) is 0 Å². The van der Waals surface area contributed by atoms with Gasteiger partial charge in [0.25, 0.3) is 0 Å². The van der Waals surface area contributed by atoms with Crippen LogP contribution in [0.15, 0.2) is 72.8 Å². The Morgan fingerprint density at radius 2 is 1.13 bits per heavy atom. The van der Waals surface area contributed by atoms with Crippen LogP contribution in [0.5, 0.6) is 0 Å². The molecule has 3 aromatic rings. The first-order valence-corrected chi connectivity index (χ1v) is 20.0. The maximum Gasteiger partial charge on any atom is 0.321 e. The monoisotopic (exact) mass is 754 g/mol. The van der Waals surface area contributed by atoms with E-state index in [1.807, 2.05) is 52.3 Å². The van der Waals surface area contributed by atoms with Crippen molar-refractivity contribution >= 4 is 35.3 Å². The predicted molar refractivity (Wildman–Crippen MR) is 213 cm³/mol. The van der Waals surface area contributed by atoms with Gasteiger partial charge in [0.1, 0.15) is 0 Å². The predicted octanol–water partition coefficient (Wildman–Crippen LogP) is 7.68. The third-order valence-corrected chi connectivity index (χ3v) is 11.2. The minimum absolute atomic E-state index is 0.00193. The maximum atomic E-state index is 12.6. The fraction of sp³-hybridized carbons (Fsp3) is 0.488. The third-order valence-electron chi connectivity index (χ3n) is 11.2. The van der Waals surface area contributed by atoms with E-state index in [0.29, 0.717) is 24.7 Å². The zero-order chi connectivity index (χ0) is 38.8. The number of carbonyl (C=O) groups is 4. The minimum atomic E-state index is -0.336. The minimum Gasteiger partial charge on any atom is -0.325 e. The molecule has 0 bridgehead atoms. The number of likely N-dealkylation sites (tertiary alicyclic amines) is 2. The van der Waals surface area contributed by atoms with Crippen LogP contribution in [-0.4, -0.2) is 70.3 Å². The van der Waals surface area contributed by atoms with Gasteiger partial charge in [0.15, 0.2) is 0 Å². The van der Waals surface area contributed by atoms with E-state index in [-0.39, 0.29) is 23.9 Å². The molecule has 296 valence electrons. The van der Waals surface area contributed by atoms with E-state index in [4.69, 9.17) is 10.4 Å². The first kappa shape index (κ1) is 41.2. The topological polar surface area (TPSA) is 163 Å². The molecule has 1 aliphatic carbocycles. The van der Waals surface area contributed by atoms with Crippen molar-refractivity contribution in [2.24, 2.45) is 11.8 Å². The SMILES string of the molecule is O=C(CCCC1CCN(C(=O)Nc2ccc(Cc3ccccc3)cc2)CC1)NO.O=C(CCCC1CCN(C(=O)Nc2cccc3c2CCCC3)CC1)NO. The van der Waals surface area contributed by atoms with Gasteiger partial charge < -0.3 is 20.4 Å². The van der Waals surface area contributed by atoms with Crippen LogP contribution in [-0.2, 0) is 28.9 Å². The Hall–Kier alpha value is -4.94. The summed E-state index contributed by atoms with van der Waals surface area (Å²) in [4.78, 5) is 51.0. The number of hydroxylamine groups is 2. The molecule has 12 heteroatoms. The molecule has 6 amide bonds. The molecular weight excluding hydrogens is 697 g/mol. The molecule has 12 nitrogen and oxygen atoms in total. The van der Waals surface area contributed by atoms with E-state index in [2.05, 4.69) is 41.0 Å². The fourth-order valence-electron chi connectivity index (χ4n) is 7.90. The van der Waals surface area contributed by atoms with Crippen LogP contribution in [0.2, 0.25) is 0 Å². The van der Waals surface area contributed by atoms with Crippen LogP contribution >= 0.6 is 0 Å². The highest BCUT2D eigenvalue weighted by Gasteiger charge is 2.25. The Morgan fingerprint density at radius 1 is 0.600 bits per heavy atom. The van der Waals surface area contributed by atoms with Gasteiger partial charge >= 0.3 is 12.1 Å². The number of nitrogens with zero attached hydrogens (tertiary/aromatic N) is 2. The summed E-state index contributed by atoms with van der Waals surface area (Å²) in [5.74, 6) is 0.419. The van der Waals surface area contributed by atoms with Crippen LogP contribution in [0.4, 0.5) is 21.0 Å². The number of rotatable bonds is 12. The lowest BCUT2D eigenvalue weighted by molar-refractivity contribution is -0.130. The van der Waals surface area contributed by atoms with Gasteiger partial charge in [0.2, 0.25) is 11.8 Å². The fourth-order valence-corrected chi connectivity index (χ4v) is 7.90. The van der Waals surface area contributed by atoms with Crippen molar-refractivity contribution in [2.45, 2.75) is 96.3 Å². The summed E-state index contributed by atoms with van der Waals surface area (Å²) < 4.78 is 0. The van der Waals surface area contributed by atoms with Crippen LogP contribution in [0.1, 0.15) is 99.3 Å². The van der Waals surface area contributed by atoms with Gasteiger partial charge in [0, 0.05) is 50.4 Å². The number of hydrogen-bond donors (Lipinski definition) is 6. The number of amides is 6. The van der Waals surface area contributed by atoms with Gasteiger partial charge in [-0.3, -0.25) is 20.0 Å². The van der Waals surface area contributed by atoms with Crippen LogP contribution < -0.4 is 21.6 Å². The molecule has 0 spiro atoms. The van der Waals surface area contributed by atoms with Crippen molar-refractivity contribution in [3.8, 4) is 0 Å². The van der Waals surface area contributed by atoms with Gasteiger partial charge in [-0.1, -0.05) is 54.6 Å². The summed E-state index contributed by atoms with van der Waals surface area (Å²) >= 11 is 0. The Kier molecular flexibility index (Phi) is 16.4. The average molecular weight is 755 g/mol. The summed E-state index contributed by atoms with van der Waals surface area (Å²) in [6.45, 7) is 2.99. The standard InChI is InChI=1S/C23H29N3O3.C20H29N3O3/c27-22(25-29)8-4-7-18-13-15-26(16-14-18)23(28)24-21-11-9-20(10-12-21)17-19-5-2-1-3-6-19;24-19(22-26)10-3-5-15-11-13-23(14-12-15)20(25)21-18-9-4-7-16-6-1-2-8-17(16)18/h1-3,5-6,9-12,18,29H,4,7-8,13-17H2,(H,24,28)(H,25,27);4,7,9,15,26H,1-3,5-6,8,10-14H2,(H,21,25)(H,22,24). The van der Waals surface area contributed by atoms with Crippen LogP contribution in [0, 0.1) is 11.8 Å². The van der Waals surface area contributed by atoms with Crippen LogP contribution in [0.3, 0.4) is 0 Å². The second-order valence-electron chi connectivity index (χ2n) is 15.1. The Balaban J connectivity index is 0.000000212. The molecule has 55 heavy (non-hydrogen) atoms. The molecule has 6 N–H and O–H groups in total. The zero-order valence-electron chi connectivity index (χ0n) is 31.9. The van der Waals surface area contributed by atoms with Gasteiger partial charge in [-0.25, -0.2) is 20.5 Å². The summed E-state index contributed by atoms with van der Waals surface area (Å²) in [7, 11) is 0. The van der Waals surface area contributed by atoms with Crippen molar-refractivity contribution in [3.63, 3.8) is 0 Å². The molecule has 0 radical (unpaired) electrons. The number of hydrogen-bond acceptors (Lipinski definition) is 6. The number of carbonyl (C=O) groups excluding carboxylic acids is 4. The first-order chi connectivity index (χ1) is 26.8. The van der Waals surface area contributed by atoms with Gasteiger partial charge in [0.05, 0.1) is 0 Å². The molecule has 0 aromatic heterocycles. The largest absolute Gasteiger partial charge is 0.325 e. The van der Waals surface area contributed by atoms with Crippen molar-refractivity contribution in [2.75, 3.05) is 36.8 Å². The molecular formula is C43H58N6O6. The van der Waals surface area contributed by atoms with Gasteiger partial charge in [-0.15, -0.1) is 0 Å². The quantitative estimate of drug-likeness (QED) is 0.0821. The molecule has 6 rings (SSSR count). The summed E-state index contributed by atoms with van der Waals surface area (Å²) in [5.41, 5.74) is 10.3. The van der Waals surface area contributed by atoms with Crippen molar-refractivity contribution in [1.82, 2.24) is 20.8 Å². The molecule has 3 aliphatic rings. The molecule has 0 unspecified atom stereocenters. The van der Waals surface area contributed by atoms with Crippen molar-refractivity contribution < 1.29 is 29.6 Å². The van der Waals surface area contributed by atoms with E-state index in [0.717, 1.165) is 108 Å². The molecule has 2 heterocycles. The lowest BCUT2D eigenvalue weighted by atomic mass is 9.90. The van der Waals surface area contributed by atoms with Crippen molar-refractivity contribution in [1.29, 1.82) is 0 Å². The van der Waals surface area contributed by atoms with E-state index in [9.17, 15) is 19.2 Å². The lowest BCUT2D eigenvalue weighted by Gasteiger charge is -2.32. The molecule has 0 atom stereocenters. The normalized spacial score (nSPS) is 15.9. The molecule has 2 fully saturated rings. The smallest absolute Gasteiger partial charge is 0.321 e. The third kappa shape index (κ3) is 13.4. The van der Waals surface area contributed by atoms with Crippen molar-refractivity contribution in [3.05, 3.63) is 95.1 Å².